The predicted molar refractivity (Wildman–Crippen MR) is 53.2 cm³/mol. The number of furan rings is 1. The van der Waals surface area contributed by atoms with Gasteiger partial charge in [0.1, 0.15) is 11.5 Å². The summed E-state index contributed by atoms with van der Waals surface area (Å²) in [5.74, 6) is 4.59. The number of aryl methyl sites for hydroxylation is 1. The lowest BCUT2D eigenvalue weighted by molar-refractivity contribution is 0.452. The maximum atomic E-state index is 5.50. The molecule has 70 valence electrons. The van der Waals surface area contributed by atoms with E-state index in [1.807, 2.05) is 12.1 Å². The topological polar surface area (TPSA) is 25.2 Å². The molecule has 0 radical (unpaired) electrons. The van der Waals surface area contributed by atoms with Crippen LogP contribution < -0.4 is 5.32 Å². The molecule has 2 heteroatoms. The summed E-state index contributed by atoms with van der Waals surface area (Å²) in [6, 6.07) is 4.01. The van der Waals surface area contributed by atoms with E-state index >= 15 is 0 Å². The fourth-order valence-corrected chi connectivity index (χ4v) is 1.08. The highest BCUT2D eigenvalue weighted by atomic mass is 16.3. The van der Waals surface area contributed by atoms with Gasteiger partial charge in [-0.3, -0.25) is 0 Å². The quantitative estimate of drug-likeness (QED) is 0.549. The van der Waals surface area contributed by atoms with Crippen LogP contribution in [0, 0.1) is 12.3 Å². The molecule has 0 aliphatic rings. The Kier molecular flexibility index (Phi) is 4.14. The molecule has 13 heavy (non-hydrogen) atoms. The Morgan fingerprint density at radius 1 is 1.46 bits per heavy atom. The van der Waals surface area contributed by atoms with E-state index < -0.39 is 0 Å². The molecule has 0 amide bonds. The zero-order chi connectivity index (χ0) is 9.52. The first-order chi connectivity index (χ1) is 6.36. The molecule has 0 bridgehead atoms. The Morgan fingerprint density at radius 3 is 2.85 bits per heavy atom. The van der Waals surface area contributed by atoms with Crippen molar-refractivity contribution >= 4 is 0 Å². The minimum atomic E-state index is 0.765. The summed E-state index contributed by atoms with van der Waals surface area (Å²) in [6.45, 7) is 3.69. The molecule has 2 nitrogen and oxygen atoms in total. The van der Waals surface area contributed by atoms with Crippen molar-refractivity contribution in [2.24, 2.45) is 0 Å². The Bertz CT molecular complexity index is 283. The van der Waals surface area contributed by atoms with Crippen molar-refractivity contribution < 1.29 is 4.42 Å². The van der Waals surface area contributed by atoms with Gasteiger partial charge < -0.3 is 9.73 Å². The highest BCUT2D eigenvalue weighted by molar-refractivity contribution is 5.06. The number of hydrogen-bond donors (Lipinski definition) is 1. The number of rotatable bonds is 5. The van der Waals surface area contributed by atoms with Gasteiger partial charge in [-0.25, -0.2) is 0 Å². The van der Waals surface area contributed by atoms with Crippen LogP contribution in [0.4, 0.5) is 0 Å². The van der Waals surface area contributed by atoms with Crippen LogP contribution >= 0.6 is 0 Å². The van der Waals surface area contributed by atoms with E-state index in [4.69, 9.17) is 10.8 Å². The van der Waals surface area contributed by atoms with Crippen LogP contribution in [0.5, 0.6) is 0 Å². The minimum Gasteiger partial charge on any atom is -0.465 e. The fourth-order valence-electron chi connectivity index (χ4n) is 1.08. The van der Waals surface area contributed by atoms with Crippen LogP contribution in [-0.2, 0) is 13.0 Å². The van der Waals surface area contributed by atoms with E-state index in [1.54, 1.807) is 0 Å². The van der Waals surface area contributed by atoms with Gasteiger partial charge in [0.15, 0.2) is 0 Å². The largest absolute Gasteiger partial charge is 0.465 e. The van der Waals surface area contributed by atoms with Crippen molar-refractivity contribution in [2.75, 3.05) is 6.54 Å². The average molecular weight is 177 g/mol. The molecule has 0 atom stereocenters. The molecule has 0 aromatic carbocycles. The Balaban J connectivity index is 2.25. The first-order valence-electron chi connectivity index (χ1n) is 4.58. The maximum absolute atomic E-state index is 5.50. The molecule has 1 aromatic heterocycles. The van der Waals surface area contributed by atoms with Crippen molar-refractivity contribution in [3.8, 4) is 12.3 Å². The van der Waals surface area contributed by atoms with Gasteiger partial charge in [-0.1, -0.05) is 6.92 Å². The van der Waals surface area contributed by atoms with E-state index in [-0.39, 0.29) is 0 Å². The first-order valence-corrected chi connectivity index (χ1v) is 4.58. The lowest BCUT2D eigenvalue weighted by Gasteiger charge is -1.98. The third kappa shape index (κ3) is 3.35. The molecule has 1 rings (SSSR count). The molecule has 0 unspecified atom stereocenters. The van der Waals surface area contributed by atoms with E-state index in [2.05, 4.69) is 18.2 Å². The van der Waals surface area contributed by atoms with Crippen LogP contribution in [0.3, 0.4) is 0 Å². The maximum Gasteiger partial charge on any atom is 0.117 e. The minimum absolute atomic E-state index is 0.765. The zero-order valence-corrected chi connectivity index (χ0v) is 7.97. The Labute approximate surface area is 79.3 Å². The highest BCUT2D eigenvalue weighted by Crippen LogP contribution is 2.07. The molecule has 1 heterocycles. The first kappa shape index (κ1) is 9.88. The molecule has 0 spiro atoms. The molecule has 1 N–H and O–H groups in total. The summed E-state index contributed by atoms with van der Waals surface area (Å²) < 4.78 is 5.50. The molecule has 0 saturated carbocycles. The second-order valence-electron chi connectivity index (χ2n) is 2.85. The van der Waals surface area contributed by atoms with Gasteiger partial charge in [0, 0.05) is 19.4 Å². The second kappa shape index (κ2) is 5.45. The third-order valence-corrected chi connectivity index (χ3v) is 1.81. The molecular weight excluding hydrogens is 162 g/mol. The zero-order valence-electron chi connectivity index (χ0n) is 7.97. The summed E-state index contributed by atoms with van der Waals surface area (Å²) >= 11 is 0. The Morgan fingerprint density at radius 2 is 2.23 bits per heavy atom. The van der Waals surface area contributed by atoms with Crippen LogP contribution in [0.1, 0.15) is 24.9 Å². The van der Waals surface area contributed by atoms with Gasteiger partial charge in [-0.05, 0) is 12.1 Å². The number of hydrogen-bond acceptors (Lipinski definition) is 2. The average Bonchev–Trinajstić information content (AvgIpc) is 2.60. The van der Waals surface area contributed by atoms with Gasteiger partial charge in [0.05, 0.1) is 6.54 Å². The smallest absolute Gasteiger partial charge is 0.117 e. The molecule has 0 fully saturated rings. The highest BCUT2D eigenvalue weighted by Gasteiger charge is 1.98. The fraction of sp³-hybridized carbons (Fsp3) is 0.455. The van der Waals surface area contributed by atoms with E-state index in [9.17, 15) is 0 Å². The van der Waals surface area contributed by atoms with Crippen LogP contribution in [0.2, 0.25) is 0 Å². The lowest BCUT2D eigenvalue weighted by Crippen LogP contribution is -2.13. The standard InChI is InChI=1S/C11H15NO/c1-3-5-8-12-9-11-7-6-10(4-2)13-11/h1,6-7,12H,4-5,8-9H2,2H3. The molecule has 0 saturated heterocycles. The Hall–Kier alpha value is -1.20. The SMILES string of the molecule is C#CCCNCc1ccc(CC)o1. The van der Waals surface area contributed by atoms with Crippen molar-refractivity contribution in [3.63, 3.8) is 0 Å². The van der Waals surface area contributed by atoms with Crippen molar-refractivity contribution in [1.82, 2.24) is 5.32 Å². The van der Waals surface area contributed by atoms with Crippen molar-refractivity contribution in [1.29, 1.82) is 0 Å². The number of terminal acetylenes is 1. The van der Waals surface area contributed by atoms with Gasteiger partial charge in [0.2, 0.25) is 0 Å². The molecule has 1 aromatic rings. The lowest BCUT2D eigenvalue weighted by atomic mass is 10.3. The summed E-state index contributed by atoms with van der Waals surface area (Å²) in [6.07, 6.45) is 6.83. The molecule has 0 aliphatic carbocycles. The molecule has 0 aliphatic heterocycles. The monoisotopic (exact) mass is 177 g/mol. The van der Waals surface area contributed by atoms with Crippen molar-refractivity contribution in [3.05, 3.63) is 23.7 Å². The second-order valence-corrected chi connectivity index (χ2v) is 2.85. The summed E-state index contributed by atoms with van der Waals surface area (Å²) in [5.41, 5.74) is 0. The summed E-state index contributed by atoms with van der Waals surface area (Å²) in [7, 11) is 0. The van der Waals surface area contributed by atoms with Crippen LogP contribution in [-0.4, -0.2) is 6.54 Å². The third-order valence-electron chi connectivity index (χ3n) is 1.81. The predicted octanol–water partition coefficient (Wildman–Crippen LogP) is 1.95. The number of nitrogens with one attached hydrogen (secondary N) is 1. The van der Waals surface area contributed by atoms with E-state index in [0.717, 1.165) is 37.5 Å². The van der Waals surface area contributed by atoms with Crippen molar-refractivity contribution in [2.45, 2.75) is 26.3 Å². The van der Waals surface area contributed by atoms with Gasteiger partial charge >= 0.3 is 0 Å². The van der Waals surface area contributed by atoms with E-state index in [0.29, 0.717) is 0 Å². The van der Waals surface area contributed by atoms with Gasteiger partial charge in [-0.15, -0.1) is 12.3 Å². The van der Waals surface area contributed by atoms with Gasteiger partial charge in [-0.2, -0.15) is 0 Å². The summed E-state index contributed by atoms with van der Waals surface area (Å²) in [5, 5.41) is 3.20. The van der Waals surface area contributed by atoms with Gasteiger partial charge in [0.25, 0.3) is 0 Å². The normalized spacial score (nSPS) is 9.85. The summed E-state index contributed by atoms with van der Waals surface area (Å²) in [4.78, 5) is 0. The van der Waals surface area contributed by atoms with Crippen LogP contribution in [0.15, 0.2) is 16.5 Å². The van der Waals surface area contributed by atoms with Crippen LogP contribution in [0.25, 0.3) is 0 Å². The molecular formula is C11H15NO. The van der Waals surface area contributed by atoms with E-state index in [1.165, 1.54) is 0 Å².